The Morgan fingerprint density at radius 2 is 1.62 bits per heavy atom. The van der Waals surface area contributed by atoms with Crippen LogP contribution in [0.4, 0.5) is 5.95 Å². The molecule has 8 nitrogen and oxygen atoms in total. The van der Waals surface area contributed by atoms with Crippen LogP contribution in [0.15, 0.2) is 67.0 Å². The third-order valence-electron chi connectivity index (χ3n) is 6.05. The highest BCUT2D eigenvalue weighted by Gasteiger charge is 2.56. The van der Waals surface area contributed by atoms with Crippen LogP contribution in [0.25, 0.3) is 11.2 Å². The van der Waals surface area contributed by atoms with Gasteiger partial charge in [0.25, 0.3) is 0 Å². The Hall–Kier alpha value is -3.33. The normalized spacial score (nSPS) is 16.4. The van der Waals surface area contributed by atoms with Crippen LogP contribution in [0.3, 0.4) is 0 Å². The third-order valence-corrected chi connectivity index (χ3v) is 6.31. The molecule has 1 N–H and O–H groups in total. The lowest BCUT2D eigenvalue weighted by Gasteiger charge is -2.19. The van der Waals surface area contributed by atoms with Crippen LogP contribution in [0, 0.1) is 5.41 Å². The summed E-state index contributed by atoms with van der Waals surface area (Å²) in [7, 11) is 0. The topological polar surface area (TPSA) is 91.2 Å². The van der Waals surface area contributed by atoms with E-state index in [4.69, 9.17) is 21.1 Å². The Labute approximate surface area is 201 Å². The molecule has 0 saturated heterocycles. The number of nitrogens with zero attached hydrogens (tertiary/aromatic N) is 4. The molecule has 1 aliphatic carbocycles. The Balaban J connectivity index is 1.35. The zero-order valence-electron chi connectivity index (χ0n) is 18.4. The largest absolute Gasteiger partial charge is 0.376 e. The smallest absolute Gasteiger partial charge is 0.232 e. The maximum atomic E-state index is 10.9. The summed E-state index contributed by atoms with van der Waals surface area (Å²) in [6.07, 6.45) is 3.09. The van der Waals surface area contributed by atoms with Crippen molar-refractivity contribution in [3.63, 3.8) is 0 Å². The molecule has 0 bridgehead atoms. The molecular weight excluding hydrogens is 454 g/mol. The number of fused-ring (bicyclic) bond motifs is 1. The lowest BCUT2D eigenvalue weighted by atomic mass is 10.1. The van der Waals surface area contributed by atoms with Gasteiger partial charge in [0.2, 0.25) is 12.4 Å². The molecule has 1 fully saturated rings. The number of rotatable bonds is 11. The highest BCUT2D eigenvalue weighted by atomic mass is 35.5. The Kier molecular flexibility index (Phi) is 6.53. The zero-order valence-corrected chi connectivity index (χ0v) is 19.2. The number of carbonyl (C=O) groups is 1. The maximum absolute atomic E-state index is 10.9. The van der Waals surface area contributed by atoms with E-state index in [0.29, 0.717) is 44.0 Å². The molecule has 2 aromatic carbocycles. The molecule has 174 valence electrons. The first kappa shape index (κ1) is 22.5. The van der Waals surface area contributed by atoms with Crippen LogP contribution in [0.5, 0.6) is 0 Å². The van der Waals surface area contributed by atoms with Crippen LogP contribution in [-0.2, 0) is 27.5 Å². The second-order valence-corrected chi connectivity index (χ2v) is 8.82. The van der Waals surface area contributed by atoms with E-state index >= 15 is 0 Å². The summed E-state index contributed by atoms with van der Waals surface area (Å²) in [6, 6.07) is 20.3. The van der Waals surface area contributed by atoms with Crippen molar-refractivity contribution < 1.29 is 14.3 Å². The number of benzene rings is 2. The van der Waals surface area contributed by atoms with E-state index in [0.717, 1.165) is 17.5 Å². The van der Waals surface area contributed by atoms with Gasteiger partial charge in [-0.2, -0.15) is 9.97 Å². The monoisotopic (exact) mass is 477 g/mol. The van der Waals surface area contributed by atoms with Gasteiger partial charge < -0.3 is 14.0 Å². The first-order valence-corrected chi connectivity index (χ1v) is 11.4. The van der Waals surface area contributed by atoms with Gasteiger partial charge in [-0.15, -0.1) is 0 Å². The average Bonchev–Trinajstić information content (AvgIpc) is 3.38. The third kappa shape index (κ3) is 4.79. The summed E-state index contributed by atoms with van der Waals surface area (Å²) in [5.41, 5.74) is 3.08. The summed E-state index contributed by atoms with van der Waals surface area (Å²) in [6.45, 7) is 2.11. The van der Waals surface area contributed by atoms with Crippen molar-refractivity contribution in [3.05, 3.63) is 83.3 Å². The Bertz CT molecular complexity index is 1220. The molecule has 0 aliphatic heterocycles. The van der Waals surface area contributed by atoms with Crippen LogP contribution in [-0.4, -0.2) is 39.1 Å². The number of imidazole rings is 1. The fraction of sp³-hybridized carbons (Fsp3) is 0.280. The minimum atomic E-state index is -0.229. The predicted octanol–water partition coefficient (Wildman–Crippen LogP) is 4.41. The summed E-state index contributed by atoms with van der Waals surface area (Å²) < 4.78 is 14.3. The van der Waals surface area contributed by atoms with Gasteiger partial charge in [0.05, 0.1) is 32.8 Å². The molecular formula is C25H24ClN5O3. The molecule has 4 aromatic rings. The number of amides is 1. The highest BCUT2D eigenvalue weighted by molar-refractivity contribution is 6.33. The second-order valence-electron chi connectivity index (χ2n) is 8.46. The van der Waals surface area contributed by atoms with E-state index in [1.165, 1.54) is 0 Å². The average molecular weight is 478 g/mol. The van der Waals surface area contributed by atoms with Crippen molar-refractivity contribution in [1.29, 1.82) is 0 Å². The summed E-state index contributed by atoms with van der Waals surface area (Å²) >= 11 is 6.28. The molecule has 5 rings (SSSR count). The van der Waals surface area contributed by atoms with E-state index in [2.05, 4.69) is 20.3 Å². The first-order chi connectivity index (χ1) is 16.7. The fourth-order valence-electron chi connectivity index (χ4n) is 4.19. The maximum Gasteiger partial charge on any atom is 0.232 e. The first-order valence-electron chi connectivity index (χ1n) is 11.0. The van der Waals surface area contributed by atoms with E-state index in [-0.39, 0.29) is 22.6 Å². The van der Waals surface area contributed by atoms with Gasteiger partial charge in [0.15, 0.2) is 10.8 Å². The number of hydrogen-bond acceptors (Lipinski definition) is 6. The Morgan fingerprint density at radius 1 is 1.00 bits per heavy atom. The summed E-state index contributed by atoms with van der Waals surface area (Å²) in [4.78, 5) is 23.8. The van der Waals surface area contributed by atoms with E-state index in [9.17, 15) is 4.79 Å². The van der Waals surface area contributed by atoms with Crippen molar-refractivity contribution in [2.45, 2.75) is 25.7 Å². The number of carbonyl (C=O) groups excluding carboxylic acids is 1. The molecule has 1 atom stereocenters. The van der Waals surface area contributed by atoms with Crippen molar-refractivity contribution in [2.75, 3.05) is 18.5 Å². The lowest BCUT2D eigenvalue weighted by Crippen LogP contribution is -2.21. The van der Waals surface area contributed by atoms with Crippen LogP contribution in [0.1, 0.15) is 23.6 Å². The second kappa shape index (κ2) is 9.89. The van der Waals surface area contributed by atoms with Crippen LogP contribution < -0.4 is 5.32 Å². The zero-order chi connectivity index (χ0) is 23.4. The summed E-state index contributed by atoms with van der Waals surface area (Å²) in [5, 5.41) is 2.66. The van der Waals surface area contributed by atoms with E-state index in [1.54, 1.807) is 6.33 Å². The number of ether oxygens (including phenoxy) is 2. The number of hydrogen-bond donors (Lipinski definition) is 1. The molecule has 0 radical (unpaired) electrons. The fourth-order valence-corrected chi connectivity index (χ4v) is 4.40. The number of halogens is 1. The molecule has 9 heteroatoms. The van der Waals surface area contributed by atoms with E-state index in [1.807, 2.05) is 65.2 Å². The van der Waals surface area contributed by atoms with Crippen molar-refractivity contribution in [3.8, 4) is 0 Å². The van der Waals surface area contributed by atoms with Crippen molar-refractivity contribution in [1.82, 2.24) is 19.5 Å². The standard InChI is InChI=1S/C25H24ClN5O3/c26-22-21-23(30-24(29-22)28-17-32)31(16-27-21)20-11-25(20,14-33-12-18-7-3-1-4-8-18)15-34-13-19-9-5-2-6-10-19/h1-10,16-17,20H,11-15H2,(H,28,29,30,32). The molecule has 1 amide bonds. The van der Waals surface area contributed by atoms with Gasteiger partial charge in [-0.1, -0.05) is 72.3 Å². The van der Waals surface area contributed by atoms with Gasteiger partial charge in [-0.25, -0.2) is 4.98 Å². The minimum absolute atomic E-state index is 0.0686. The van der Waals surface area contributed by atoms with Gasteiger partial charge >= 0.3 is 0 Å². The van der Waals surface area contributed by atoms with Crippen LogP contribution in [0.2, 0.25) is 5.15 Å². The minimum Gasteiger partial charge on any atom is -0.376 e. The SMILES string of the molecule is O=CNc1nc(Cl)c2ncn(C3CC3(COCc3ccccc3)COCc3ccccc3)c2n1. The van der Waals surface area contributed by atoms with Crippen molar-refractivity contribution in [2.24, 2.45) is 5.41 Å². The van der Waals surface area contributed by atoms with Gasteiger partial charge in [0, 0.05) is 11.5 Å². The van der Waals surface area contributed by atoms with E-state index < -0.39 is 0 Å². The highest BCUT2D eigenvalue weighted by Crippen LogP contribution is 2.57. The van der Waals surface area contributed by atoms with Crippen molar-refractivity contribution >= 4 is 35.1 Å². The van der Waals surface area contributed by atoms with Crippen LogP contribution >= 0.6 is 11.6 Å². The predicted molar refractivity (Wildman–Crippen MR) is 128 cm³/mol. The molecule has 2 heterocycles. The Morgan fingerprint density at radius 3 is 2.21 bits per heavy atom. The van der Waals surface area contributed by atoms with Gasteiger partial charge in [0.1, 0.15) is 5.52 Å². The molecule has 1 unspecified atom stereocenters. The lowest BCUT2D eigenvalue weighted by molar-refractivity contribution is -0.105. The number of anilines is 1. The molecule has 1 saturated carbocycles. The quantitative estimate of drug-likeness (QED) is 0.254. The molecule has 0 spiro atoms. The number of aromatic nitrogens is 4. The van der Waals surface area contributed by atoms with Gasteiger partial charge in [-0.05, 0) is 17.5 Å². The molecule has 34 heavy (non-hydrogen) atoms. The number of nitrogens with one attached hydrogen (secondary N) is 1. The summed E-state index contributed by atoms with van der Waals surface area (Å²) in [5.74, 6) is 0.140. The molecule has 2 aromatic heterocycles. The molecule has 1 aliphatic rings. The van der Waals surface area contributed by atoms with Gasteiger partial charge in [-0.3, -0.25) is 10.1 Å².